The first-order valence-corrected chi connectivity index (χ1v) is 12.1. The van der Waals surface area contributed by atoms with Gasteiger partial charge in [0.15, 0.2) is 0 Å². The van der Waals surface area contributed by atoms with Crippen molar-refractivity contribution in [1.82, 2.24) is 0 Å². The van der Waals surface area contributed by atoms with Crippen LogP contribution in [0.1, 0.15) is 25.0 Å². The molecular weight excluding hydrogens is 408 g/mol. The van der Waals surface area contributed by atoms with Crippen LogP contribution in [-0.2, 0) is 0 Å². The Morgan fingerprint density at radius 3 is 1.18 bits per heavy atom. The fourth-order valence-electron chi connectivity index (χ4n) is 4.19. The summed E-state index contributed by atoms with van der Waals surface area (Å²) in [5.41, 5.74) is 12.6. The molecule has 5 aromatic rings. The molecule has 0 aliphatic heterocycles. The van der Waals surface area contributed by atoms with E-state index in [9.17, 15) is 0 Å². The SMILES string of the molecule is CC.Cc1ccc(-c2cccc(-c3cc(-c4ccccc4)cc(-c4ccccc4)c3)c2)cc1C. The molecule has 0 bridgehead atoms. The zero-order valence-corrected chi connectivity index (χ0v) is 20.5. The molecule has 0 nitrogen and oxygen atoms in total. The first kappa shape index (κ1) is 23.3. The van der Waals surface area contributed by atoms with E-state index in [1.807, 2.05) is 13.8 Å². The Balaban J connectivity index is 0.00000133. The van der Waals surface area contributed by atoms with Crippen molar-refractivity contribution < 1.29 is 0 Å². The third-order valence-electron chi connectivity index (χ3n) is 6.18. The Hall–Kier alpha value is -3.90. The van der Waals surface area contributed by atoms with Gasteiger partial charge in [0.05, 0.1) is 0 Å². The van der Waals surface area contributed by atoms with E-state index >= 15 is 0 Å². The second-order valence-electron chi connectivity index (χ2n) is 8.41. The smallest absolute Gasteiger partial charge is 0.0171 e. The zero-order valence-electron chi connectivity index (χ0n) is 20.5. The van der Waals surface area contributed by atoms with Crippen molar-refractivity contribution in [2.45, 2.75) is 27.7 Å². The molecule has 5 rings (SSSR count). The minimum absolute atomic E-state index is 1.23. The number of benzene rings is 5. The summed E-state index contributed by atoms with van der Waals surface area (Å²) in [5.74, 6) is 0. The molecule has 0 saturated heterocycles. The fraction of sp³-hybridized carbons (Fsp3) is 0.118. The van der Waals surface area contributed by atoms with Gasteiger partial charge in [0.2, 0.25) is 0 Å². The molecule has 0 aromatic heterocycles. The van der Waals surface area contributed by atoms with Crippen LogP contribution in [0.4, 0.5) is 0 Å². The van der Waals surface area contributed by atoms with Crippen LogP contribution >= 0.6 is 0 Å². The molecule has 0 aliphatic carbocycles. The number of hydrogen-bond acceptors (Lipinski definition) is 0. The largest absolute Gasteiger partial charge is 0.0683 e. The van der Waals surface area contributed by atoms with Crippen LogP contribution < -0.4 is 0 Å². The van der Waals surface area contributed by atoms with Crippen molar-refractivity contribution in [3.63, 3.8) is 0 Å². The quantitative estimate of drug-likeness (QED) is 0.261. The average molecular weight is 441 g/mol. The van der Waals surface area contributed by atoms with Gasteiger partial charge in [-0.25, -0.2) is 0 Å². The molecule has 0 heterocycles. The monoisotopic (exact) mass is 440 g/mol. The summed E-state index contributed by atoms with van der Waals surface area (Å²) in [6, 6.07) is 43.8. The van der Waals surface area contributed by atoms with Gasteiger partial charge in [0, 0.05) is 0 Å². The summed E-state index contributed by atoms with van der Waals surface area (Å²) in [4.78, 5) is 0. The topological polar surface area (TPSA) is 0 Å². The third kappa shape index (κ3) is 5.18. The van der Waals surface area contributed by atoms with E-state index in [2.05, 4.69) is 135 Å². The number of aryl methyl sites for hydroxylation is 2. The van der Waals surface area contributed by atoms with Crippen molar-refractivity contribution in [2.24, 2.45) is 0 Å². The lowest BCUT2D eigenvalue weighted by Crippen LogP contribution is -1.87. The van der Waals surface area contributed by atoms with Gasteiger partial charge in [-0.1, -0.05) is 111 Å². The number of hydrogen-bond donors (Lipinski definition) is 0. The molecule has 0 fully saturated rings. The molecule has 34 heavy (non-hydrogen) atoms. The molecule has 5 aromatic carbocycles. The van der Waals surface area contributed by atoms with Gasteiger partial charge in [-0.3, -0.25) is 0 Å². The van der Waals surface area contributed by atoms with E-state index in [-0.39, 0.29) is 0 Å². The van der Waals surface area contributed by atoms with E-state index in [1.54, 1.807) is 0 Å². The molecule has 168 valence electrons. The van der Waals surface area contributed by atoms with Crippen molar-refractivity contribution in [1.29, 1.82) is 0 Å². The first-order chi connectivity index (χ1) is 16.7. The molecule has 0 amide bonds. The van der Waals surface area contributed by atoms with E-state index in [1.165, 1.54) is 55.6 Å². The van der Waals surface area contributed by atoms with Crippen LogP contribution in [-0.4, -0.2) is 0 Å². The summed E-state index contributed by atoms with van der Waals surface area (Å²) in [7, 11) is 0. The summed E-state index contributed by atoms with van der Waals surface area (Å²) in [6.45, 7) is 8.34. The van der Waals surface area contributed by atoms with E-state index in [0.717, 1.165) is 0 Å². The van der Waals surface area contributed by atoms with Gasteiger partial charge < -0.3 is 0 Å². The van der Waals surface area contributed by atoms with Gasteiger partial charge in [-0.2, -0.15) is 0 Å². The zero-order chi connectivity index (χ0) is 23.9. The molecule has 0 aliphatic rings. The summed E-state index contributed by atoms with van der Waals surface area (Å²) in [6.07, 6.45) is 0. The summed E-state index contributed by atoms with van der Waals surface area (Å²) in [5, 5.41) is 0. The maximum Gasteiger partial charge on any atom is -0.0171 e. The Labute approximate surface area is 204 Å². The van der Waals surface area contributed by atoms with Gasteiger partial charge in [-0.15, -0.1) is 0 Å². The van der Waals surface area contributed by atoms with Gasteiger partial charge in [0.25, 0.3) is 0 Å². The molecule has 0 spiro atoms. The molecular formula is C34H32. The predicted molar refractivity (Wildman–Crippen MR) is 149 cm³/mol. The van der Waals surface area contributed by atoms with Crippen LogP contribution in [0.2, 0.25) is 0 Å². The van der Waals surface area contributed by atoms with Crippen LogP contribution in [0, 0.1) is 13.8 Å². The van der Waals surface area contributed by atoms with Crippen LogP contribution in [0.25, 0.3) is 44.5 Å². The summed E-state index contributed by atoms with van der Waals surface area (Å²) < 4.78 is 0. The lowest BCUT2D eigenvalue weighted by Gasteiger charge is -2.13. The maximum atomic E-state index is 2.31. The fourth-order valence-corrected chi connectivity index (χ4v) is 4.19. The molecule has 0 N–H and O–H groups in total. The predicted octanol–water partition coefficient (Wildman–Crippen LogP) is 10.00. The Morgan fingerprint density at radius 2 is 0.676 bits per heavy atom. The van der Waals surface area contributed by atoms with Gasteiger partial charge in [-0.05, 0) is 93.7 Å². The van der Waals surface area contributed by atoms with Crippen molar-refractivity contribution >= 4 is 0 Å². The van der Waals surface area contributed by atoms with Crippen LogP contribution in [0.15, 0.2) is 121 Å². The van der Waals surface area contributed by atoms with Crippen LogP contribution in [0.5, 0.6) is 0 Å². The molecule has 0 saturated carbocycles. The molecule has 0 radical (unpaired) electrons. The highest BCUT2D eigenvalue weighted by atomic mass is 14.1. The highest BCUT2D eigenvalue weighted by molar-refractivity contribution is 5.82. The highest BCUT2D eigenvalue weighted by Gasteiger charge is 2.09. The van der Waals surface area contributed by atoms with Crippen molar-refractivity contribution in [3.05, 3.63) is 132 Å². The maximum absolute atomic E-state index is 2.31. The minimum atomic E-state index is 1.23. The second kappa shape index (κ2) is 10.8. The van der Waals surface area contributed by atoms with Crippen LogP contribution in [0.3, 0.4) is 0 Å². The lowest BCUT2D eigenvalue weighted by atomic mass is 9.92. The Morgan fingerprint density at radius 1 is 0.294 bits per heavy atom. The van der Waals surface area contributed by atoms with Gasteiger partial charge in [0.1, 0.15) is 0 Å². The summed E-state index contributed by atoms with van der Waals surface area (Å²) >= 11 is 0. The normalized spacial score (nSPS) is 10.4. The Kier molecular flexibility index (Phi) is 7.40. The minimum Gasteiger partial charge on any atom is -0.0683 e. The van der Waals surface area contributed by atoms with E-state index < -0.39 is 0 Å². The Bertz CT molecular complexity index is 1300. The van der Waals surface area contributed by atoms with Crippen molar-refractivity contribution in [2.75, 3.05) is 0 Å². The first-order valence-electron chi connectivity index (χ1n) is 12.1. The van der Waals surface area contributed by atoms with Crippen molar-refractivity contribution in [3.8, 4) is 44.5 Å². The van der Waals surface area contributed by atoms with E-state index in [0.29, 0.717) is 0 Å². The van der Waals surface area contributed by atoms with E-state index in [4.69, 9.17) is 0 Å². The van der Waals surface area contributed by atoms with Gasteiger partial charge >= 0.3 is 0 Å². The number of rotatable bonds is 4. The standard InChI is InChI=1S/C32H26.C2H6/c1-23-16-17-29(18-24(23)2)27-14-9-15-28(19-27)32-21-30(25-10-5-3-6-11-25)20-31(22-32)26-12-7-4-8-13-26;1-2/h3-22H,1-2H3;1-2H3. The highest BCUT2D eigenvalue weighted by Crippen LogP contribution is 2.34. The average Bonchev–Trinajstić information content (AvgIpc) is 2.92. The third-order valence-corrected chi connectivity index (χ3v) is 6.18. The second-order valence-corrected chi connectivity index (χ2v) is 8.41. The molecule has 0 heteroatoms. The lowest BCUT2D eigenvalue weighted by molar-refractivity contribution is 1.34. The molecule has 0 atom stereocenters. The molecule has 0 unspecified atom stereocenters.